The molecule has 1 aromatic rings. The van der Waals surface area contributed by atoms with Crippen molar-refractivity contribution in [3.8, 4) is 5.88 Å². The maximum absolute atomic E-state index is 12.8. The topological polar surface area (TPSA) is 59.5 Å². The average molecular weight is 278 g/mol. The summed E-state index contributed by atoms with van der Waals surface area (Å²) in [6.45, 7) is 9.19. The molecule has 0 N–H and O–H groups in total. The van der Waals surface area contributed by atoms with Crippen LogP contribution in [-0.4, -0.2) is 40.8 Å². The first-order chi connectivity index (χ1) is 9.31. The van der Waals surface area contributed by atoms with Gasteiger partial charge in [0, 0.05) is 23.8 Å². The first-order valence-electron chi connectivity index (χ1n) is 6.67. The quantitative estimate of drug-likeness (QED) is 0.777. The predicted molar refractivity (Wildman–Crippen MR) is 77.2 cm³/mol. The summed E-state index contributed by atoms with van der Waals surface area (Å²) in [6.07, 6.45) is 1.47. The van der Waals surface area contributed by atoms with Crippen molar-refractivity contribution < 1.29 is 14.3 Å². The van der Waals surface area contributed by atoms with Crippen LogP contribution in [-0.2, 0) is 0 Å². The molecular formula is C15H22N2O3. The number of methoxy groups -OCH3 is 1. The van der Waals surface area contributed by atoms with E-state index >= 15 is 0 Å². The summed E-state index contributed by atoms with van der Waals surface area (Å²) < 4.78 is 5.16. The first-order valence-corrected chi connectivity index (χ1v) is 6.67. The standard InChI is InChI=1S/C15H22N2O3/c1-9(2)17(10(3)4)15(19)13-12(11(5)18)7-8-16-14(13)20-6/h7-10H,1-6H3. The Kier molecular flexibility index (Phi) is 5.25. The second-order valence-corrected chi connectivity index (χ2v) is 5.20. The highest BCUT2D eigenvalue weighted by molar-refractivity contribution is 6.08. The molecule has 0 saturated carbocycles. The van der Waals surface area contributed by atoms with Crippen LogP contribution >= 0.6 is 0 Å². The third-order valence-corrected chi connectivity index (χ3v) is 3.05. The zero-order valence-electron chi connectivity index (χ0n) is 12.9. The van der Waals surface area contributed by atoms with Gasteiger partial charge < -0.3 is 9.64 Å². The molecule has 0 atom stereocenters. The fourth-order valence-corrected chi connectivity index (χ4v) is 2.29. The molecule has 0 unspecified atom stereocenters. The van der Waals surface area contributed by atoms with Crippen molar-refractivity contribution in [3.63, 3.8) is 0 Å². The lowest BCUT2D eigenvalue weighted by Gasteiger charge is -2.31. The Morgan fingerprint density at radius 3 is 2.15 bits per heavy atom. The minimum absolute atomic E-state index is 0.0206. The van der Waals surface area contributed by atoms with E-state index < -0.39 is 0 Å². The molecule has 1 heterocycles. The Bertz CT molecular complexity index is 502. The van der Waals surface area contributed by atoms with Gasteiger partial charge in [0.1, 0.15) is 5.56 Å². The van der Waals surface area contributed by atoms with Crippen molar-refractivity contribution in [2.45, 2.75) is 46.7 Å². The molecule has 1 aromatic heterocycles. The van der Waals surface area contributed by atoms with Crippen molar-refractivity contribution in [1.82, 2.24) is 9.88 Å². The number of carbonyl (C=O) groups is 2. The Morgan fingerprint density at radius 2 is 1.75 bits per heavy atom. The van der Waals surface area contributed by atoms with E-state index in [1.807, 2.05) is 27.7 Å². The van der Waals surface area contributed by atoms with Crippen LogP contribution in [0.1, 0.15) is 55.3 Å². The van der Waals surface area contributed by atoms with Gasteiger partial charge in [-0.3, -0.25) is 9.59 Å². The number of rotatable bonds is 5. The van der Waals surface area contributed by atoms with E-state index in [1.165, 1.54) is 20.2 Å². The van der Waals surface area contributed by atoms with Gasteiger partial charge in [-0.05, 0) is 40.7 Å². The number of amides is 1. The summed E-state index contributed by atoms with van der Waals surface area (Å²) in [5.41, 5.74) is 0.582. The number of pyridine rings is 1. The van der Waals surface area contributed by atoms with Crippen LogP contribution in [0.25, 0.3) is 0 Å². The minimum Gasteiger partial charge on any atom is -0.480 e. The highest BCUT2D eigenvalue weighted by atomic mass is 16.5. The van der Waals surface area contributed by atoms with Crippen molar-refractivity contribution in [2.75, 3.05) is 7.11 Å². The second kappa shape index (κ2) is 6.50. The summed E-state index contributed by atoms with van der Waals surface area (Å²) >= 11 is 0. The van der Waals surface area contributed by atoms with Gasteiger partial charge in [0.05, 0.1) is 7.11 Å². The lowest BCUT2D eigenvalue weighted by Crippen LogP contribution is -2.42. The Hall–Kier alpha value is -1.91. The van der Waals surface area contributed by atoms with Crippen molar-refractivity contribution in [2.24, 2.45) is 0 Å². The number of nitrogens with zero attached hydrogens (tertiary/aromatic N) is 2. The molecule has 0 aliphatic rings. The first kappa shape index (κ1) is 16.1. The molecule has 0 aromatic carbocycles. The molecule has 5 heteroatoms. The number of Topliss-reactive ketones (excluding diaryl/α,β-unsaturated/α-hetero) is 1. The van der Waals surface area contributed by atoms with E-state index in [4.69, 9.17) is 4.74 Å². The van der Waals surface area contributed by atoms with Crippen LogP contribution in [0, 0.1) is 0 Å². The van der Waals surface area contributed by atoms with Crippen LogP contribution in [0.15, 0.2) is 12.3 Å². The largest absolute Gasteiger partial charge is 0.480 e. The monoisotopic (exact) mass is 278 g/mol. The van der Waals surface area contributed by atoms with Gasteiger partial charge in [-0.2, -0.15) is 0 Å². The van der Waals surface area contributed by atoms with E-state index in [2.05, 4.69) is 4.98 Å². The van der Waals surface area contributed by atoms with Crippen LogP contribution in [0.4, 0.5) is 0 Å². The lowest BCUT2D eigenvalue weighted by molar-refractivity contribution is 0.0635. The maximum atomic E-state index is 12.8. The maximum Gasteiger partial charge on any atom is 0.260 e. The van der Waals surface area contributed by atoms with Crippen molar-refractivity contribution in [1.29, 1.82) is 0 Å². The van der Waals surface area contributed by atoms with Crippen LogP contribution in [0.5, 0.6) is 5.88 Å². The Balaban J connectivity index is 3.43. The fourth-order valence-electron chi connectivity index (χ4n) is 2.29. The van der Waals surface area contributed by atoms with Crippen LogP contribution in [0.3, 0.4) is 0 Å². The summed E-state index contributed by atoms with van der Waals surface area (Å²) in [5.74, 6) is -0.222. The highest BCUT2D eigenvalue weighted by Crippen LogP contribution is 2.24. The van der Waals surface area contributed by atoms with Gasteiger partial charge in [0.15, 0.2) is 5.78 Å². The minimum atomic E-state index is -0.231. The van der Waals surface area contributed by atoms with E-state index in [0.717, 1.165) is 0 Å². The van der Waals surface area contributed by atoms with Crippen LogP contribution in [0.2, 0.25) is 0 Å². The lowest BCUT2D eigenvalue weighted by atomic mass is 10.0. The molecule has 0 saturated heterocycles. The number of aromatic nitrogens is 1. The summed E-state index contributed by atoms with van der Waals surface area (Å²) in [6, 6.07) is 1.59. The van der Waals surface area contributed by atoms with Crippen LogP contribution < -0.4 is 4.74 Å². The molecule has 1 amide bonds. The summed E-state index contributed by atoms with van der Waals surface area (Å²) in [5, 5.41) is 0. The zero-order chi connectivity index (χ0) is 15.4. The smallest absolute Gasteiger partial charge is 0.260 e. The zero-order valence-corrected chi connectivity index (χ0v) is 12.9. The number of ether oxygens (including phenoxy) is 1. The molecule has 0 aliphatic carbocycles. The Labute approximate surface area is 119 Å². The highest BCUT2D eigenvalue weighted by Gasteiger charge is 2.28. The molecule has 0 radical (unpaired) electrons. The van der Waals surface area contributed by atoms with Gasteiger partial charge >= 0.3 is 0 Å². The number of hydrogen-bond acceptors (Lipinski definition) is 4. The number of carbonyl (C=O) groups excluding carboxylic acids is 2. The molecule has 5 nitrogen and oxygen atoms in total. The van der Waals surface area contributed by atoms with E-state index in [-0.39, 0.29) is 35.2 Å². The SMILES string of the molecule is COc1nccc(C(C)=O)c1C(=O)N(C(C)C)C(C)C. The third kappa shape index (κ3) is 3.15. The average Bonchev–Trinajstić information content (AvgIpc) is 2.36. The van der Waals surface area contributed by atoms with Gasteiger partial charge in [-0.1, -0.05) is 0 Å². The predicted octanol–water partition coefficient (Wildman–Crippen LogP) is 2.55. The summed E-state index contributed by atoms with van der Waals surface area (Å²) in [7, 11) is 1.44. The molecule has 1 rings (SSSR count). The van der Waals surface area contributed by atoms with E-state index in [9.17, 15) is 9.59 Å². The van der Waals surface area contributed by atoms with Crippen molar-refractivity contribution >= 4 is 11.7 Å². The molecule has 20 heavy (non-hydrogen) atoms. The second-order valence-electron chi connectivity index (χ2n) is 5.20. The normalized spacial score (nSPS) is 10.8. The van der Waals surface area contributed by atoms with Crippen molar-refractivity contribution in [3.05, 3.63) is 23.4 Å². The van der Waals surface area contributed by atoms with Gasteiger partial charge in [0.2, 0.25) is 5.88 Å². The molecule has 110 valence electrons. The van der Waals surface area contributed by atoms with Gasteiger partial charge in [0.25, 0.3) is 5.91 Å². The molecule has 0 bridgehead atoms. The molecular weight excluding hydrogens is 256 g/mol. The number of ketones is 1. The Morgan fingerprint density at radius 1 is 1.20 bits per heavy atom. The molecule has 0 spiro atoms. The summed E-state index contributed by atoms with van der Waals surface area (Å²) in [4.78, 5) is 30.3. The fraction of sp³-hybridized carbons (Fsp3) is 0.533. The van der Waals surface area contributed by atoms with E-state index in [1.54, 1.807) is 11.0 Å². The third-order valence-electron chi connectivity index (χ3n) is 3.05. The van der Waals surface area contributed by atoms with Gasteiger partial charge in [-0.15, -0.1) is 0 Å². The van der Waals surface area contributed by atoms with Gasteiger partial charge in [-0.25, -0.2) is 4.98 Å². The van der Waals surface area contributed by atoms with E-state index in [0.29, 0.717) is 5.56 Å². The molecule has 0 fully saturated rings. The molecule has 0 aliphatic heterocycles. The number of hydrogen-bond donors (Lipinski definition) is 0.